The molecule has 0 unspecified atom stereocenters. The van der Waals surface area contributed by atoms with Gasteiger partial charge in [0.1, 0.15) is 12.6 Å². The second kappa shape index (κ2) is 5.80. The summed E-state index contributed by atoms with van der Waals surface area (Å²) in [6, 6.07) is 5.16. The Labute approximate surface area is 137 Å². The van der Waals surface area contributed by atoms with Gasteiger partial charge in [-0.3, -0.25) is 15.1 Å². The van der Waals surface area contributed by atoms with Crippen LogP contribution in [-0.4, -0.2) is 47.8 Å². The van der Waals surface area contributed by atoms with Gasteiger partial charge in [0, 0.05) is 13.2 Å². The van der Waals surface area contributed by atoms with E-state index in [1.54, 1.807) is 31.3 Å². The predicted octanol–water partition coefficient (Wildman–Crippen LogP) is 0.989. The molecule has 0 aliphatic carbocycles. The maximum absolute atomic E-state index is 12.6. The lowest BCUT2D eigenvalue weighted by atomic mass is 10.0. The molecule has 1 aliphatic heterocycles. The Balaban J connectivity index is 2.51. The van der Waals surface area contributed by atoms with Crippen LogP contribution in [0.1, 0.15) is 33.2 Å². The van der Waals surface area contributed by atoms with E-state index in [9.17, 15) is 9.59 Å². The summed E-state index contributed by atoms with van der Waals surface area (Å²) in [6.45, 7) is 1.89. The summed E-state index contributed by atoms with van der Waals surface area (Å²) < 4.78 is 6.64. The van der Waals surface area contributed by atoms with Gasteiger partial charge < -0.3 is 14.0 Å². The Morgan fingerprint density at radius 1 is 1.33 bits per heavy atom. The molecular weight excluding hydrogens is 312 g/mol. The third kappa shape index (κ3) is 2.07. The van der Waals surface area contributed by atoms with Crippen molar-refractivity contribution in [2.75, 3.05) is 20.8 Å². The number of hydrogen-bond donors (Lipinski definition) is 1. The molecule has 124 valence electrons. The third-order valence-electron chi connectivity index (χ3n) is 3.81. The van der Waals surface area contributed by atoms with Gasteiger partial charge in [0.15, 0.2) is 5.84 Å². The molecule has 0 aromatic carbocycles. The van der Waals surface area contributed by atoms with Crippen molar-refractivity contribution < 1.29 is 19.2 Å². The zero-order valence-electron chi connectivity index (χ0n) is 13.5. The fourth-order valence-corrected chi connectivity index (χ4v) is 2.80. The molecule has 8 nitrogen and oxygen atoms in total. The molecule has 24 heavy (non-hydrogen) atoms. The summed E-state index contributed by atoms with van der Waals surface area (Å²) in [5.74, 6) is -0.820. The number of amidine groups is 1. The summed E-state index contributed by atoms with van der Waals surface area (Å²) in [6.07, 6.45) is 1.62. The number of ether oxygens (including phenoxy) is 1. The van der Waals surface area contributed by atoms with E-state index >= 15 is 0 Å². The molecular formula is C16H16N4O4. The molecule has 0 bridgehead atoms. The van der Waals surface area contributed by atoms with Crippen LogP contribution in [0.5, 0.6) is 0 Å². The monoisotopic (exact) mass is 328 g/mol. The molecule has 3 rings (SSSR count). The normalized spacial score (nSPS) is 15.0. The van der Waals surface area contributed by atoms with E-state index in [4.69, 9.17) is 15.0 Å². The van der Waals surface area contributed by atoms with E-state index in [-0.39, 0.29) is 34.6 Å². The number of nitrogens with zero attached hydrogens (tertiary/aromatic N) is 3. The lowest BCUT2D eigenvalue weighted by Crippen LogP contribution is -2.28. The van der Waals surface area contributed by atoms with Crippen molar-refractivity contribution in [1.82, 2.24) is 9.30 Å². The second-order valence-corrected chi connectivity index (χ2v) is 5.11. The molecule has 0 spiro atoms. The largest absolute Gasteiger partial charge is 0.462 e. The van der Waals surface area contributed by atoms with Crippen molar-refractivity contribution >= 4 is 23.2 Å². The maximum Gasteiger partial charge on any atom is 0.341 e. The van der Waals surface area contributed by atoms with Gasteiger partial charge in [0.25, 0.3) is 5.91 Å². The minimum Gasteiger partial charge on any atom is -0.462 e. The number of amides is 1. The van der Waals surface area contributed by atoms with Gasteiger partial charge in [-0.1, -0.05) is 11.2 Å². The summed E-state index contributed by atoms with van der Waals surface area (Å²) in [5.41, 5.74) is 0.995. The molecule has 0 radical (unpaired) electrons. The molecule has 0 fully saturated rings. The summed E-state index contributed by atoms with van der Waals surface area (Å²) >= 11 is 0. The van der Waals surface area contributed by atoms with Crippen LogP contribution in [0.25, 0.3) is 5.52 Å². The van der Waals surface area contributed by atoms with Crippen LogP contribution >= 0.6 is 0 Å². The number of hydrogen-bond acceptors (Lipinski definition) is 6. The third-order valence-corrected chi connectivity index (χ3v) is 3.81. The highest BCUT2D eigenvalue weighted by atomic mass is 16.6. The van der Waals surface area contributed by atoms with Gasteiger partial charge >= 0.3 is 5.97 Å². The Bertz CT molecular complexity index is 945. The number of fused-ring (bicyclic) bond motifs is 2. The van der Waals surface area contributed by atoms with Crippen molar-refractivity contribution in [1.29, 1.82) is 5.41 Å². The lowest BCUT2D eigenvalue weighted by molar-refractivity contribution is 0.0527. The number of nitrogens with one attached hydrogen (secondary N) is 1. The van der Waals surface area contributed by atoms with Gasteiger partial charge in [-0.25, -0.2) is 4.79 Å². The number of rotatable bonds is 3. The zero-order valence-corrected chi connectivity index (χ0v) is 13.5. The van der Waals surface area contributed by atoms with E-state index in [1.165, 1.54) is 23.5 Å². The van der Waals surface area contributed by atoms with E-state index < -0.39 is 11.9 Å². The first-order valence-corrected chi connectivity index (χ1v) is 7.31. The number of aromatic nitrogens is 1. The van der Waals surface area contributed by atoms with E-state index in [0.717, 1.165) is 0 Å². The van der Waals surface area contributed by atoms with Crippen LogP contribution in [0, 0.1) is 5.41 Å². The molecule has 8 heteroatoms. The van der Waals surface area contributed by atoms with Crippen molar-refractivity contribution in [2.45, 2.75) is 6.92 Å². The van der Waals surface area contributed by atoms with Gasteiger partial charge in [0.2, 0.25) is 0 Å². The van der Waals surface area contributed by atoms with Crippen molar-refractivity contribution in [3.05, 3.63) is 46.6 Å². The van der Waals surface area contributed by atoms with Gasteiger partial charge in [-0.15, -0.1) is 0 Å². The first kappa shape index (κ1) is 15.7. The number of oxime groups is 1. The molecule has 1 N–H and O–H groups in total. The molecule has 1 aliphatic rings. The number of carbonyl (C=O) groups excluding carboxylic acids is 2. The molecule has 1 amide bonds. The van der Waals surface area contributed by atoms with Crippen LogP contribution < -0.4 is 5.49 Å². The molecule has 2 aromatic heterocycles. The van der Waals surface area contributed by atoms with E-state index in [1.807, 2.05) is 0 Å². The van der Waals surface area contributed by atoms with Crippen LogP contribution in [0.4, 0.5) is 0 Å². The Hall–Kier alpha value is -3.16. The van der Waals surface area contributed by atoms with Crippen molar-refractivity contribution in [2.24, 2.45) is 5.16 Å². The summed E-state index contributed by atoms with van der Waals surface area (Å²) in [5, 5.41) is 12.2. The van der Waals surface area contributed by atoms with Gasteiger partial charge in [0.05, 0.1) is 28.8 Å². The van der Waals surface area contributed by atoms with Crippen LogP contribution in [0.15, 0.2) is 29.6 Å². The Morgan fingerprint density at radius 3 is 2.75 bits per heavy atom. The quantitative estimate of drug-likeness (QED) is 0.671. The number of pyridine rings is 2. The Morgan fingerprint density at radius 2 is 2.08 bits per heavy atom. The molecule has 0 atom stereocenters. The van der Waals surface area contributed by atoms with Crippen LogP contribution in [-0.2, 0) is 9.57 Å². The predicted molar refractivity (Wildman–Crippen MR) is 84.8 cm³/mol. The highest BCUT2D eigenvalue weighted by molar-refractivity contribution is 6.27. The maximum atomic E-state index is 12.6. The molecule has 3 heterocycles. The SMILES string of the molecule is CCOC(=O)c1c2c(c(=N)n3ccccc13)C(=O)N(C)/C2=N/OC. The zero-order chi connectivity index (χ0) is 17.4. The fourth-order valence-electron chi connectivity index (χ4n) is 2.80. The molecule has 0 saturated carbocycles. The standard InChI is InChI=1S/C16H16N4O4/c1-4-24-16(22)10-9-7-5-6-8-20(9)13(17)12-11(10)14(18-23-3)19(2)15(12)21/h5-8,17H,4H2,1-3H3/b17-13?,18-14+. The van der Waals surface area contributed by atoms with E-state index in [0.29, 0.717) is 5.52 Å². The van der Waals surface area contributed by atoms with Crippen molar-refractivity contribution in [3.63, 3.8) is 0 Å². The fraction of sp³-hybridized carbons (Fsp3) is 0.250. The first-order valence-electron chi connectivity index (χ1n) is 7.31. The first-order chi connectivity index (χ1) is 11.5. The number of esters is 1. The van der Waals surface area contributed by atoms with Crippen molar-refractivity contribution in [3.8, 4) is 0 Å². The lowest BCUT2D eigenvalue weighted by Gasteiger charge is -2.13. The summed E-state index contributed by atoms with van der Waals surface area (Å²) in [7, 11) is 2.87. The van der Waals surface area contributed by atoms with Gasteiger partial charge in [-0.05, 0) is 19.1 Å². The topological polar surface area (TPSA) is 96.5 Å². The molecule has 2 aromatic rings. The number of carbonyl (C=O) groups is 2. The van der Waals surface area contributed by atoms with Crippen LogP contribution in [0.3, 0.4) is 0 Å². The summed E-state index contributed by atoms with van der Waals surface area (Å²) in [4.78, 5) is 31.2. The highest BCUT2D eigenvalue weighted by Gasteiger charge is 2.39. The molecule has 0 saturated heterocycles. The average Bonchev–Trinajstić information content (AvgIpc) is 2.81. The van der Waals surface area contributed by atoms with E-state index in [2.05, 4.69) is 5.16 Å². The average molecular weight is 328 g/mol. The smallest absolute Gasteiger partial charge is 0.341 e. The Kier molecular flexibility index (Phi) is 3.80. The van der Waals surface area contributed by atoms with Crippen LogP contribution in [0.2, 0.25) is 0 Å². The van der Waals surface area contributed by atoms with Gasteiger partial charge in [-0.2, -0.15) is 0 Å². The second-order valence-electron chi connectivity index (χ2n) is 5.11. The highest BCUT2D eigenvalue weighted by Crippen LogP contribution is 2.27. The minimum atomic E-state index is -0.579. The minimum absolute atomic E-state index is 0.0215.